The zero-order valence-corrected chi connectivity index (χ0v) is 65.8. The highest BCUT2D eigenvalue weighted by Crippen LogP contribution is 2.40. The molecule has 18 rings (SSSR count). The predicted octanol–water partition coefficient (Wildman–Crippen LogP) is 29.0. The van der Waals surface area contributed by atoms with Crippen molar-refractivity contribution in [2.45, 2.75) is 45.4 Å². The lowest BCUT2D eigenvalue weighted by molar-refractivity contribution is 0.304. The lowest BCUT2D eigenvalue weighted by Crippen LogP contribution is -1.97. The van der Waals surface area contributed by atoms with Crippen molar-refractivity contribution in [2.75, 3.05) is 13.7 Å². The van der Waals surface area contributed by atoms with E-state index in [1.807, 2.05) is 176 Å². The van der Waals surface area contributed by atoms with Crippen molar-refractivity contribution in [3.05, 3.63) is 344 Å². The number of phenolic OH excluding ortho intramolecular Hbond substituents is 1. The summed E-state index contributed by atoms with van der Waals surface area (Å²) in [7, 11) is 1.52. The molecule has 0 spiro atoms. The molecule has 0 amide bonds. The van der Waals surface area contributed by atoms with E-state index >= 15 is 0 Å². The zero-order valence-electron chi connectivity index (χ0n) is 62.5. The largest absolute Gasteiger partial charge is 0.504 e. The number of unbranched alkanes of at least 4 members (excludes halogenated alkanes) is 5. The average molecular weight is 1570 g/mol. The number of aromatic nitrogens is 4. The van der Waals surface area contributed by atoms with Gasteiger partial charge in [-0.15, -0.1) is 45.3 Å². The van der Waals surface area contributed by atoms with Crippen LogP contribution in [0.15, 0.2) is 361 Å². The molecule has 1 N–H and O–H groups in total. The smallest absolute Gasteiger partial charge is 0.161 e. The Kier molecular flexibility index (Phi) is 25.5. The maximum atomic E-state index is 9.82. The van der Waals surface area contributed by atoms with Crippen LogP contribution in [0, 0.1) is 0 Å². The van der Waals surface area contributed by atoms with Gasteiger partial charge in [-0.05, 0) is 267 Å². The van der Waals surface area contributed by atoms with Crippen LogP contribution in [0.25, 0.3) is 133 Å². The second-order valence-corrected chi connectivity index (χ2v) is 30.0. The highest BCUT2D eigenvalue weighted by atomic mass is 32.1. The first-order chi connectivity index (χ1) is 56.3. The highest BCUT2D eigenvalue weighted by Gasteiger charge is 2.18. The van der Waals surface area contributed by atoms with Crippen LogP contribution in [-0.2, 0) is 0 Å². The zero-order chi connectivity index (χ0) is 77.5. The molecule has 6 aromatic carbocycles. The summed E-state index contributed by atoms with van der Waals surface area (Å²) in [5.74, 6) is 7.47. The Hall–Kier alpha value is -13.2. The number of phenols is 1. The maximum Gasteiger partial charge on any atom is 0.161 e. The third kappa shape index (κ3) is 20.1. The number of nitrogens with zero attached hydrogens (tertiary/aromatic N) is 4. The molecule has 17 heteroatoms. The molecule has 0 aliphatic heterocycles. The van der Waals surface area contributed by atoms with E-state index in [2.05, 4.69) is 143 Å². The van der Waals surface area contributed by atoms with Crippen molar-refractivity contribution in [1.82, 2.24) is 19.9 Å². The number of ether oxygens (including phenoxy) is 4. The molecule has 564 valence electrons. The minimum atomic E-state index is 0.0952. The van der Waals surface area contributed by atoms with Crippen molar-refractivity contribution < 1.29 is 41.7 Å². The minimum Gasteiger partial charge on any atom is -0.504 e. The number of thiophene rings is 4. The summed E-state index contributed by atoms with van der Waals surface area (Å²) in [5, 5.41) is 18.2. The Bertz CT molecular complexity index is 5480. The molecular formula is C97H78N4O9S4. The third-order valence-corrected chi connectivity index (χ3v) is 21.9. The van der Waals surface area contributed by atoms with Crippen LogP contribution in [0.3, 0.4) is 0 Å². The summed E-state index contributed by atoms with van der Waals surface area (Å²) >= 11 is 6.87. The number of benzene rings is 6. The second kappa shape index (κ2) is 38.2. The van der Waals surface area contributed by atoms with Crippen LogP contribution in [0.2, 0.25) is 0 Å². The summed E-state index contributed by atoms with van der Waals surface area (Å²) in [6, 6.07) is 97.7. The molecule has 0 aliphatic carbocycles. The molecule has 114 heavy (non-hydrogen) atoms. The van der Waals surface area contributed by atoms with Crippen LogP contribution in [0.5, 0.6) is 40.2 Å². The van der Waals surface area contributed by atoms with Gasteiger partial charge in [0.05, 0.1) is 81.1 Å². The SMILES string of the molecule is CCCCCCCCOc1ccc(-c2cc(-c3cccs3)nc(-c3cccs3)c2)cc1.COc1cc(-c2cc(-c3ccco3)nc(-c3ccco3)c2)ccc1O.c1ccc(Oc2ccc(-c3cc(-c4ccco4)nc(-c4ccco4)c3)cc2)cc1.c1ccc(Oc2ccc(-c3cc(-c4cccs4)nc(-c4cccs4)c3)cc2)cc1. The predicted molar refractivity (Wildman–Crippen MR) is 463 cm³/mol. The van der Waals surface area contributed by atoms with Gasteiger partial charge in [0.1, 0.15) is 51.5 Å². The molecule has 12 heterocycles. The molecule has 0 atom stereocenters. The summed E-state index contributed by atoms with van der Waals surface area (Å²) in [4.78, 5) is 23.9. The van der Waals surface area contributed by atoms with E-state index in [1.165, 1.54) is 69.8 Å². The fourth-order valence-corrected chi connectivity index (χ4v) is 15.3. The molecule has 0 bridgehead atoms. The number of hydrogen-bond donors (Lipinski definition) is 1. The standard InChI is InChI=1S/C27H29NOS2.C25H17NO3.C25H17NOS2.C20H15NO4/c1-2-3-4-5-6-7-16-29-23-14-12-21(13-15-23)22-19-24(26-10-8-17-30-26)28-25(20-22)27-11-9-18-31-27;1-2-6-20(7-3-1)29-21-12-10-18(11-13-21)19-16-22(24-8-4-14-27-24)26-23(17-19)25-9-5-15-28-25;1-2-6-20(7-3-1)27-21-12-10-18(11-13-21)19-16-22(24-8-4-14-28-24)26-23(17-19)25-9-5-15-29-25;1-23-20-12-13(6-7-17(20)22)14-10-15(18-4-2-8-24-18)21-16(11-14)19-5-3-9-25-19/h8-15,17-20H,2-7,16H2,1H3;2*1-17H;2-12,22H,1H3. The van der Waals surface area contributed by atoms with Gasteiger partial charge in [-0.25, -0.2) is 19.9 Å². The highest BCUT2D eigenvalue weighted by molar-refractivity contribution is 7.14. The monoisotopic (exact) mass is 1570 g/mol. The summed E-state index contributed by atoms with van der Waals surface area (Å²) < 4.78 is 45.1. The van der Waals surface area contributed by atoms with Gasteiger partial charge < -0.3 is 41.7 Å². The lowest BCUT2D eigenvalue weighted by atomic mass is 10.0. The molecule has 12 aromatic heterocycles. The van der Waals surface area contributed by atoms with Crippen molar-refractivity contribution in [3.63, 3.8) is 0 Å². The first kappa shape index (κ1) is 76.2. The van der Waals surface area contributed by atoms with Crippen LogP contribution in [0.4, 0.5) is 0 Å². The number of rotatable bonds is 25. The average Bonchev–Trinajstić information content (AvgIpc) is 1.41. The van der Waals surface area contributed by atoms with Crippen molar-refractivity contribution >= 4 is 45.3 Å². The van der Waals surface area contributed by atoms with Crippen LogP contribution < -0.4 is 18.9 Å². The van der Waals surface area contributed by atoms with Crippen molar-refractivity contribution in [3.8, 4) is 173 Å². The van der Waals surface area contributed by atoms with Crippen LogP contribution >= 0.6 is 45.3 Å². The second-order valence-electron chi connectivity index (χ2n) is 26.2. The van der Waals surface area contributed by atoms with E-state index in [1.54, 1.807) is 82.5 Å². The molecule has 18 aromatic rings. The summed E-state index contributed by atoms with van der Waals surface area (Å²) in [5.41, 5.74) is 15.5. The number of para-hydroxylation sites is 2. The molecule has 0 saturated heterocycles. The Morgan fingerprint density at radius 3 is 0.939 bits per heavy atom. The van der Waals surface area contributed by atoms with E-state index in [-0.39, 0.29) is 5.75 Å². The molecule has 0 aliphatic rings. The van der Waals surface area contributed by atoms with Crippen LogP contribution in [-0.4, -0.2) is 38.8 Å². The number of pyridine rings is 4. The van der Waals surface area contributed by atoms with E-state index in [0.717, 1.165) is 109 Å². The molecule has 13 nitrogen and oxygen atoms in total. The number of aromatic hydroxyl groups is 1. The van der Waals surface area contributed by atoms with Crippen molar-refractivity contribution in [2.24, 2.45) is 0 Å². The van der Waals surface area contributed by atoms with E-state index < -0.39 is 0 Å². The molecular weight excluding hydrogens is 1490 g/mol. The third-order valence-electron chi connectivity index (χ3n) is 18.3. The van der Waals surface area contributed by atoms with E-state index in [9.17, 15) is 5.11 Å². The fraction of sp³-hybridized carbons (Fsp3) is 0.0928. The van der Waals surface area contributed by atoms with Gasteiger partial charge in [-0.3, -0.25) is 0 Å². The fourth-order valence-electron chi connectivity index (χ4n) is 12.5. The Balaban J connectivity index is 0.000000120. The van der Waals surface area contributed by atoms with E-state index in [0.29, 0.717) is 40.2 Å². The van der Waals surface area contributed by atoms with Gasteiger partial charge in [0.2, 0.25) is 0 Å². The Labute approximate surface area is 678 Å². The topological polar surface area (TPSA) is 161 Å². The normalized spacial score (nSPS) is 10.8. The van der Waals surface area contributed by atoms with Crippen molar-refractivity contribution in [1.29, 1.82) is 0 Å². The quantitative estimate of drug-likeness (QED) is 0.0539. The van der Waals surface area contributed by atoms with Gasteiger partial charge in [0.25, 0.3) is 0 Å². The summed E-state index contributed by atoms with van der Waals surface area (Å²) in [6.45, 7) is 3.05. The van der Waals surface area contributed by atoms with Gasteiger partial charge in [0.15, 0.2) is 34.5 Å². The number of furan rings is 4. The molecule has 0 unspecified atom stereocenters. The number of methoxy groups -OCH3 is 1. The van der Waals surface area contributed by atoms with Gasteiger partial charge >= 0.3 is 0 Å². The van der Waals surface area contributed by atoms with Crippen LogP contribution in [0.1, 0.15) is 45.4 Å². The Morgan fingerprint density at radius 1 is 0.289 bits per heavy atom. The van der Waals surface area contributed by atoms with Gasteiger partial charge in [0, 0.05) is 0 Å². The molecule has 0 radical (unpaired) electrons. The maximum absolute atomic E-state index is 9.82. The van der Waals surface area contributed by atoms with Gasteiger partial charge in [-0.1, -0.05) is 142 Å². The number of hydrogen-bond acceptors (Lipinski definition) is 17. The minimum absolute atomic E-state index is 0.0952. The first-order valence-electron chi connectivity index (χ1n) is 37.4. The summed E-state index contributed by atoms with van der Waals surface area (Å²) in [6.07, 6.45) is 14.2. The van der Waals surface area contributed by atoms with Gasteiger partial charge in [-0.2, -0.15) is 0 Å². The lowest BCUT2D eigenvalue weighted by Gasteiger charge is -2.10. The Morgan fingerprint density at radius 2 is 0.605 bits per heavy atom. The molecule has 0 saturated carbocycles. The molecule has 0 fully saturated rings. The van der Waals surface area contributed by atoms with E-state index in [4.69, 9.17) is 51.6 Å². The first-order valence-corrected chi connectivity index (χ1v) is 41.0.